The van der Waals surface area contributed by atoms with Gasteiger partial charge in [0.15, 0.2) is 0 Å². The van der Waals surface area contributed by atoms with Gasteiger partial charge in [0.25, 0.3) is 0 Å². The number of benzene rings is 1. The Kier molecular flexibility index (Phi) is 5.25. The molecule has 1 unspecified atom stereocenters. The Morgan fingerprint density at radius 2 is 2.12 bits per heavy atom. The average Bonchev–Trinajstić information content (AvgIpc) is 2.34. The maximum Gasteiger partial charge on any atom is 0.327 e. The molecule has 0 bridgehead atoms. The fourth-order valence-corrected chi connectivity index (χ4v) is 1.11. The van der Waals surface area contributed by atoms with Crippen molar-refractivity contribution in [2.75, 3.05) is 6.61 Å². The summed E-state index contributed by atoms with van der Waals surface area (Å²) in [6.07, 6.45) is 2.82. The summed E-state index contributed by atoms with van der Waals surface area (Å²) in [5.41, 5.74) is 6.41. The SMILES string of the molecule is NC(/C=C/CO)C(=O)OCc1ccccc1. The topological polar surface area (TPSA) is 72.5 Å². The predicted octanol–water partition coefficient (Wildman–Crippen LogP) is 0.606. The first kappa shape index (κ1) is 12.4. The smallest absolute Gasteiger partial charge is 0.327 e. The number of ether oxygens (including phenoxy) is 1. The first-order valence-electron chi connectivity index (χ1n) is 4.97. The Morgan fingerprint density at radius 1 is 1.44 bits per heavy atom. The fourth-order valence-electron chi connectivity index (χ4n) is 1.11. The van der Waals surface area contributed by atoms with E-state index in [4.69, 9.17) is 15.6 Å². The first-order valence-corrected chi connectivity index (χ1v) is 4.97. The molecule has 4 heteroatoms. The highest BCUT2D eigenvalue weighted by Crippen LogP contribution is 2.01. The minimum atomic E-state index is -0.823. The Labute approximate surface area is 94.3 Å². The molecule has 0 heterocycles. The zero-order chi connectivity index (χ0) is 11.8. The van der Waals surface area contributed by atoms with E-state index in [1.807, 2.05) is 30.3 Å². The van der Waals surface area contributed by atoms with Gasteiger partial charge in [-0.25, -0.2) is 0 Å². The summed E-state index contributed by atoms with van der Waals surface area (Å²) in [5.74, 6) is -0.506. The monoisotopic (exact) mass is 221 g/mol. The van der Waals surface area contributed by atoms with Crippen LogP contribution in [0.3, 0.4) is 0 Å². The summed E-state index contributed by atoms with van der Waals surface area (Å²) in [4.78, 5) is 11.3. The number of carbonyl (C=O) groups excluding carboxylic acids is 1. The number of esters is 1. The molecule has 0 spiro atoms. The van der Waals surface area contributed by atoms with Gasteiger partial charge >= 0.3 is 5.97 Å². The number of nitrogens with two attached hydrogens (primary N) is 1. The maximum atomic E-state index is 11.3. The summed E-state index contributed by atoms with van der Waals surface area (Å²) in [7, 11) is 0. The normalized spacial score (nSPS) is 12.6. The molecule has 0 amide bonds. The average molecular weight is 221 g/mol. The van der Waals surface area contributed by atoms with Crippen LogP contribution in [-0.4, -0.2) is 23.7 Å². The van der Waals surface area contributed by atoms with Gasteiger partial charge < -0.3 is 15.6 Å². The summed E-state index contributed by atoms with van der Waals surface area (Å²) >= 11 is 0. The van der Waals surface area contributed by atoms with Gasteiger partial charge in [0.1, 0.15) is 12.6 Å². The quantitative estimate of drug-likeness (QED) is 0.564. The van der Waals surface area contributed by atoms with Crippen LogP contribution >= 0.6 is 0 Å². The van der Waals surface area contributed by atoms with E-state index < -0.39 is 12.0 Å². The molecule has 0 saturated carbocycles. The lowest BCUT2D eigenvalue weighted by molar-refractivity contribution is -0.145. The number of rotatable bonds is 5. The molecule has 86 valence electrons. The molecule has 1 aromatic carbocycles. The van der Waals surface area contributed by atoms with E-state index in [0.717, 1.165) is 5.56 Å². The van der Waals surface area contributed by atoms with Crippen LogP contribution in [0.15, 0.2) is 42.5 Å². The molecule has 3 N–H and O–H groups in total. The predicted molar refractivity (Wildman–Crippen MR) is 60.4 cm³/mol. The fraction of sp³-hybridized carbons (Fsp3) is 0.250. The largest absolute Gasteiger partial charge is 0.459 e. The number of hydrogen-bond acceptors (Lipinski definition) is 4. The van der Waals surface area contributed by atoms with E-state index in [9.17, 15) is 4.79 Å². The van der Waals surface area contributed by atoms with Gasteiger partial charge in [0, 0.05) is 0 Å². The lowest BCUT2D eigenvalue weighted by atomic mass is 10.2. The molecular formula is C12H15NO3. The van der Waals surface area contributed by atoms with Crippen LogP contribution in [0, 0.1) is 0 Å². The van der Waals surface area contributed by atoms with Gasteiger partial charge in [-0.15, -0.1) is 0 Å². The maximum absolute atomic E-state index is 11.3. The molecule has 1 aromatic rings. The molecule has 1 atom stereocenters. The lowest BCUT2D eigenvalue weighted by Gasteiger charge is -2.07. The highest BCUT2D eigenvalue weighted by Gasteiger charge is 2.10. The molecule has 1 rings (SSSR count). The molecule has 0 fully saturated rings. The van der Waals surface area contributed by atoms with Gasteiger partial charge in [-0.05, 0) is 5.56 Å². The van der Waals surface area contributed by atoms with Crippen molar-refractivity contribution in [1.29, 1.82) is 0 Å². The Hall–Kier alpha value is -1.65. The standard InChI is InChI=1S/C12H15NO3/c13-11(7-4-8-14)12(15)16-9-10-5-2-1-3-6-10/h1-7,11,14H,8-9,13H2/b7-4+. The van der Waals surface area contributed by atoms with E-state index in [1.165, 1.54) is 12.2 Å². The summed E-state index contributed by atoms with van der Waals surface area (Å²) in [6.45, 7) is 0.0694. The molecule has 0 aliphatic carbocycles. The Balaban J connectivity index is 2.38. The molecular weight excluding hydrogens is 206 g/mol. The second-order valence-corrected chi connectivity index (χ2v) is 3.23. The second-order valence-electron chi connectivity index (χ2n) is 3.23. The lowest BCUT2D eigenvalue weighted by Crippen LogP contribution is -2.30. The van der Waals surface area contributed by atoms with Crippen molar-refractivity contribution in [3.05, 3.63) is 48.0 Å². The van der Waals surface area contributed by atoms with Crippen LogP contribution in [0.4, 0.5) is 0 Å². The molecule has 0 aliphatic heterocycles. The van der Waals surface area contributed by atoms with Crippen LogP contribution < -0.4 is 5.73 Å². The van der Waals surface area contributed by atoms with Crippen LogP contribution in [-0.2, 0) is 16.1 Å². The highest BCUT2D eigenvalue weighted by atomic mass is 16.5. The van der Waals surface area contributed by atoms with Gasteiger partial charge in [0.2, 0.25) is 0 Å². The minimum absolute atomic E-state index is 0.139. The summed E-state index contributed by atoms with van der Waals surface area (Å²) in [5, 5.41) is 8.51. The third-order valence-corrected chi connectivity index (χ3v) is 1.94. The van der Waals surface area contributed by atoms with Crippen molar-refractivity contribution >= 4 is 5.97 Å². The number of hydrogen-bond donors (Lipinski definition) is 2. The number of aliphatic hydroxyl groups is 1. The summed E-state index contributed by atoms with van der Waals surface area (Å²) < 4.78 is 4.99. The van der Waals surface area contributed by atoms with Crippen molar-refractivity contribution in [3.63, 3.8) is 0 Å². The molecule has 16 heavy (non-hydrogen) atoms. The van der Waals surface area contributed by atoms with Crippen LogP contribution in [0.5, 0.6) is 0 Å². The van der Waals surface area contributed by atoms with E-state index in [1.54, 1.807) is 0 Å². The molecule has 4 nitrogen and oxygen atoms in total. The van der Waals surface area contributed by atoms with Crippen molar-refractivity contribution < 1.29 is 14.6 Å². The third-order valence-electron chi connectivity index (χ3n) is 1.94. The zero-order valence-electron chi connectivity index (χ0n) is 8.87. The van der Waals surface area contributed by atoms with Gasteiger partial charge in [-0.2, -0.15) is 0 Å². The van der Waals surface area contributed by atoms with E-state index in [2.05, 4.69) is 0 Å². The first-order chi connectivity index (χ1) is 7.74. The molecule has 0 saturated heterocycles. The highest BCUT2D eigenvalue weighted by molar-refractivity contribution is 5.77. The van der Waals surface area contributed by atoms with Crippen LogP contribution in [0.25, 0.3) is 0 Å². The van der Waals surface area contributed by atoms with E-state index in [0.29, 0.717) is 0 Å². The van der Waals surface area contributed by atoms with Crippen molar-refractivity contribution in [2.24, 2.45) is 5.73 Å². The molecule has 0 aromatic heterocycles. The number of aliphatic hydroxyl groups excluding tert-OH is 1. The van der Waals surface area contributed by atoms with Crippen molar-refractivity contribution in [2.45, 2.75) is 12.6 Å². The van der Waals surface area contributed by atoms with E-state index >= 15 is 0 Å². The van der Waals surface area contributed by atoms with Crippen molar-refractivity contribution in [1.82, 2.24) is 0 Å². The zero-order valence-corrected chi connectivity index (χ0v) is 8.87. The Morgan fingerprint density at radius 3 is 2.75 bits per heavy atom. The minimum Gasteiger partial charge on any atom is -0.459 e. The van der Waals surface area contributed by atoms with Gasteiger partial charge in [-0.3, -0.25) is 4.79 Å². The van der Waals surface area contributed by atoms with E-state index in [-0.39, 0.29) is 13.2 Å². The van der Waals surface area contributed by atoms with Gasteiger partial charge in [0.05, 0.1) is 6.61 Å². The molecule has 0 aliphatic rings. The van der Waals surface area contributed by atoms with Crippen molar-refractivity contribution in [3.8, 4) is 0 Å². The number of carbonyl (C=O) groups is 1. The third kappa shape index (κ3) is 4.25. The van der Waals surface area contributed by atoms with Crippen LogP contribution in [0.1, 0.15) is 5.56 Å². The molecule has 0 radical (unpaired) electrons. The van der Waals surface area contributed by atoms with Crippen LogP contribution in [0.2, 0.25) is 0 Å². The summed E-state index contributed by atoms with van der Waals surface area (Å²) in [6, 6.07) is 8.53. The second kappa shape index (κ2) is 6.76. The van der Waals surface area contributed by atoms with Gasteiger partial charge in [-0.1, -0.05) is 42.5 Å². The Bertz CT molecular complexity index is 349.